The second-order valence-electron chi connectivity index (χ2n) is 3.15. The van der Waals surface area contributed by atoms with Crippen LogP contribution in [0.1, 0.15) is 20.8 Å². The third-order valence-corrected chi connectivity index (χ3v) is 2.88. The van der Waals surface area contributed by atoms with Crippen LogP contribution in [0.4, 0.5) is 0 Å². The maximum absolute atomic E-state index is 11.6. The second-order valence-corrected chi connectivity index (χ2v) is 4.27. The van der Waals surface area contributed by atoms with Gasteiger partial charge in [-0.3, -0.25) is 9.89 Å². The van der Waals surface area contributed by atoms with Gasteiger partial charge in [-0.2, -0.15) is 5.10 Å². The molecule has 3 nitrogen and oxygen atoms in total. The number of carbonyl (C=O) groups excluding carboxylic acids is 1. The van der Waals surface area contributed by atoms with Crippen LogP contribution in [0, 0.1) is 6.92 Å². The number of aromatic amines is 1. The average molecular weight is 206 g/mol. The predicted octanol–water partition coefficient (Wildman–Crippen LogP) is 2.21. The number of nitrogens with zero attached hydrogens (tertiary/aromatic N) is 1. The van der Waals surface area contributed by atoms with Crippen molar-refractivity contribution in [3.63, 3.8) is 0 Å². The Morgan fingerprint density at radius 1 is 1.64 bits per heavy atom. The largest absolute Gasteiger partial charge is 0.294 e. The number of hydrogen-bond acceptors (Lipinski definition) is 3. The van der Waals surface area contributed by atoms with Gasteiger partial charge < -0.3 is 0 Å². The van der Waals surface area contributed by atoms with Crippen LogP contribution < -0.4 is 0 Å². The molecule has 72 valence electrons. The summed E-state index contributed by atoms with van der Waals surface area (Å²) in [6, 6.07) is 2.04. The number of thiophene rings is 1. The van der Waals surface area contributed by atoms with E-state index in [4.69, 9.17) is 0 Å². The van der Waals surface area contributed by atoms with Gasteiger partial charge in [0.25, 0.3) is 0 Å². The van der Waals surface area contributed by atoms with E-state index in [1.54, 1.807) is 23.7 Å². The molecule has 0 fully saturated rings. The van der Waals surface area contributed by atoms with Gasteiger partial charge in [0.1, 0.15) is 0 Å². The number of ketones is 1. The Kier molecular flexibility index (Phi) is 2.45. The smallest absolute Gasteiger partial charge is 0.170 e. The van der Waals surface area contributed by atoms with Crippen molar-refractivity contribution in [2.45, 2.75) is 13.3 Å². The molecule has 0 spiro atoms. The number of hydrogen-bond donors (Lipinski definition) is 1. The van der Waals surface area contributed by atoms with Crippen molar-refractivity contribution in [1.29, 1.82) is 0 Å². The van der Waals surface area contributed by atoms with Gasteiger partial charge in [-0.1, -0.05) is 0 Å². The molecule has 0 aliphatic rings. The zero-order chi connectivity index (χ0) is 9.97. The molecule has 2 heterocycles. The number of carbonyl (C=O) groups is 1. The van der Waals surface area contributed by atoms with Gasteiger partial charge in [0.15, 0.2) is 5.78 Å². The minimum Gasteiger partial charge on any atom is -0.294 e. The molecular weight excluding hydrogens is 196 g/mol. The molecular formula is C10H10N2OS. The predicted molar refractivity (Wildman–Crippen MR) is 55.7 cm³/mol. The van der Waals surface area contributed by atoms with Crippen LogP contribution in [0.3, 0.4) is 0 Å². The van der Waals surface area contributed by atoms with Gasteiger partial charge in [0, 0.05) is 17.5 Å². The average Bonchev–Trinajstić information content (AvgIpc) is 2.75. The fourth-order valence-corrected chi connectivity index (χ4v) is 1.99. The Balaban J connectivity index is 2.09. The van der Waals surface area contributed by atoms with Crippen LogP contribution in [-0.4, -0.2) is 16.0 Å². The molecule has 2 rings (SSSR count). The van der Waals surface area contributed by atoms with E-state index in [9.17, 15) is 4.79 Å². The van der Waals surface area contributed by atoms with Gasteiger partial charge in [-0.05, 0) is 23.9 Å². The van der Waals surface area contributed by atoms with Gasteiger partial charge in [-0.15, -0.1) is 11.3 Å². The Morgan fingerprint density at radius 3 is 3.07 bits per heavy atom. The number of H-pyrrole nitrogens is 1. The quantitative estimate of drug-likeness (QED) is 0.782. The zero-order valence-corrected chi connectivity index (χ0v) is 8.60. The van der Waals surface area contributed by atoms with Crippen LogP contribution >= 0.6 is 11.3 Å². The summed E-state index contributed by atoms with van der Waals surface area (Å²) in [4.78, 5) is 12.9. The lowest BCUT2D eigenvalue weighted by atomic mass is 10.1. The summed E-state index contributed by atoms with van der Waals surface area (Å²) < 4.78 is 0. The number of nitrogens with one attached hydrogen (secondary N) is 1. The summed E-state index contributed by atoms with van der Waals surface area (Å²) in [5.41, 5.74) is 1.73. The summed E-state index contributed by atoms with van der Waals surface area (Å²) in [6.07, 6.45) is 3.65. The fourth-order valence-electron chi connectivity index (χ4n) is 1.28. The van der Waals surface area contributed by atoms with E-state index in [-0.39, 0.29) is 5.78 Å². The highest BCUT2D eigenvalue weighted by molar-refractivity contribution is 7.10. The topological polar surface area (TPSA) is 45.8 Å². The lowest BCUT2D eigenvalue weighted by Gasteiger charge is -1.93. The number of aromatic nitrogens is 2. The molecule has 14 heavy (non-hydrogen) atoms. The minimum absolute atomic E-state index is 0.108. The molecule has 0 aromatic carbocycles. The first-order valence-electron chi connectivity index (χ1n) is 4.31. The molecule has 0 saturated carbocycles. The summed E-state index contributed by atoms with van der Waals surface area (Å²) >= 11 is 1.67. The van der Waals surface area contributed by atoms with Crippen molar-refractivity contribution in [1.82, 2.24) is 10.2 Å². The summed E-state index contributed by atoms with van der Waals surface area (Å²) in [7, 11) is 0. The van der Waals surface area contributed by atoms with E-state index < -0.39 is 0 Å². The minimum atomic E-state index is 0.108. The summed E-state index contributed by atoms with van der Waals surface area (Å²) in [5, 5.41) is 8.40. The van der Waals surface area contributed by atoms with Crippen LogP contribution in [0.25, 0.3) is 0 Å². The zero-order valence-electron chi connectivity index (χ0n) is 7.78. The lowest BCUT2D eigenvalue weighted by Crippen LogP contribution is -2.00. The summed E-state index contributed by atoms with van der Waals surface area (Å²) in [6.45, 7) is 2.04. The highest BCUT2D eigenvalue weighted by atomic mass is 32.1. The summed E-state index contributed by atoms with van der Waals surface area (Å²) in [5.74, 6) is 0.108. The first kappa shape index (κ1) is 9.15. The second kappa shape index (κ2) is 3.75. The molecule has 0 saturated heterocycles. The maximum atomic E-state index is 11.6. The molecule has 2 aromatic rings. The van der Waals surface area contributed by atoms with Gasteiger partial charge >= 0.3 is 0 Å². The Morgan fingerprint density at radius 2 is 2.50 bits per heavy atom. The van der Waals surface area contributed by atoms with E-state index in [0.717, 1.165) is 5.56 Å². The molecule has 1 N–H and O–H groups in total. The van der Waals surface area contributed by atoms with Gasteiger partial charge in [0.2, 0.25) is 0 Å². The third-order valence-electron chi connectivity index (χ3n) is 1.97. The Labute approximate surface area is 85.8 Å². The fraction of sp³-hybridized carbons (Fsp3) is 0.200. The van der Waals surface area contributed by atoms with Crippen LogP contribution in [-0.2, 0) is 6.42 Å². The molecule has 4 heteroatoms. The van der Waals surface area contributed by atoms with Gasteiger partial charge in [0.05, 0.1) is 11.8 Å². The first-order valence-corrected chi connectivity index (χ1v) is 5.19. The molecule has 0 aliphatic carbocycles. The maximum Gasteiger partial charge on any atom is 0.170 e. The van der Waals surface area contributed by atoms with Crippen molar-refractivity contribution in [2.75, 3.05) is 0 Å². The molecule has 0 amide bonds. The van der Waals surface area contributed by atoms with E-state index >= 15 is 0 Å². The monoisotopic (exact) mass is 206 g/mol. The molecule has 0 bridgehead atoms. The van der Waals surface area contributed by atoms with Crippen molar-refractivity contribution >= 4 is 17.1 Å². The van der Waals surface area contributed by atoms with Crippen LogP contribution in [0.2, 0.25) is 0 Å². The van der Waals surface area contributed by atoms with Crippen molar-refractivity contribution in [2.24, 2.45) is 0 Å². The van der Waals surface area contributed by atoms with Gasteiger partial charge in [-0.25, -0.2) is 0 Å². The number of rotatable bonds is 3. The third kappa shape index (κ3) is 1.90. The Hall–Kier alpha value is -1.42. The SMILES string of the molecule is Cc1cc(CC(=O)c2cn[nH]c2)cs1. The highest BCUT2D eigenvalue weighted by Crippen LogP contribution is 2.15. The molecule has 0 atom stereocenters. The lowest BCUT2D eigenvalue weighted by molar-refractivity contribution is 0.0993. The molecule has 0 unspecified atom stereocenters. The van der Waals surface area contributed by atoms with E-state index in [1.165, 1.54) is 4.88 Å². The standard InChI is InChI=1S/C10H10N2OS/c1-7-2-8(6-14-7)3-10(13)9-4-11-12-5-9/h2,4-6H,3H2,1H3,(H,11,12). The van der Waals surface area contributed by atoms with Crippen LogP contribution in [0.5, 0.6) is 0 Å². The number of Topliss-reactive ketones (excluding diaryl/α,β-unsaturated/α-hetero) is 1. The molecule has 0 aliphatic heterocycles. The number of aryl methyl sites for hydroxylation is 1. The van der Waals surface area contributed by atoms with E-state index in [1.807, 2.05) is 18.4 Å². The normalized spacial score (nSPS) is 10.4. The van der Waals surface area contributed by atoms with Crippen LogP contribution in [0.15, 0.2) is 23.8 Å². The first-order chi connectivity index (χ1) is 6.75. The van der Waals surface area contributed by atoms with Crippen molar-refractivity contribution < 1.29 is 4.79 Å². The van der Waals surface area contributed by atoms with E-state index in [2.05, 4.69) is 10.2 Å². The molecule has 0 radical (unpaired) electrons. The Bertz CT molecular complexity index is 431. The highest BCUT2D eigenvalue weighted by Gasteiger charge is 2.08. The molecule has 2 aromatic heterocycles. The van der Waals surface area contributed by atoms with Crippen molar-refractivity contribution in [3.05, 3.63) is 39.8 Å². The van der Waals surface area contributed by atoms with Crippen molar-refractivity contribution in [3.8, 4) is 0 Å². The van der Waals surface area contributed by atoms with E-state index in [0.29, 0.717) is 12.0 Å².